The fraction of sp³-hybridized carbons (Fsp3) is 0.500. The van der Waals surface area contributed by atoms with Crippen molar-refractivity contribution in [3.63, 3.8) is 0 Å². The maximum atomic E-state index is 10.4. The second-order valence-electron chi connectivity index (χ2n) is 4.11. The zero-order valence-electron chi connectivity index (χ0n) is 8.79. The Balaban J connectivity index is 4.47. The molecule has 0 atom stereocenters. The maximum absolute atomic E-state index is 10.4. The molecule has 0 unspecified atom stereocenters. The molecule has 0 aliphatic heterocycles. The van der Waals surface area contributed by atoms with E-state index in [0.29, 0.717) is 0 Å². The summed E-state index contributed by atoms with van der Waals surface area (Å²) in [6.45, 7) is 8.62. The lowest BCUT2D eigenvalue weighted by Crippen LogP contribution is -2.15. The van der Waals surface area contributed by atoms with Crippen molar-refractivity contribution in [3.05, 3.63) is 23.4 Å². The van der Waals surface area contributed by atoms with Crippen molar-refractivity contribution in [1.82, 2.24) is 0 Å². The van der Waals surface area contributed by atoms with E-state index in [1.807, 2.05) is 13.0 Å². The normalized spacial score (nSPS) is 13.7. The van der Waals surface area contributed by atoms with E-state index in [1.54, 1.807) is 0 Å². The summed E-state index contributed by atoms with van der Waals surface area (Å²) in [6.07, 6.45) is 3.99. The molecule has 0 radical (unpaired) electrons. The van der Waals surface area contributed by atoms with Gasteiger partial charge < -0.3 is 5.11 Å². The minimum atomic E-state index is -1.20. The molecule has 74 valence electrons. The molecule has 0 aromatic rings. The van der Waals surface area contributed by atoms with Crippen LogP contribution in [0.3, 0.4) is 0 Å². The molecule has 0 aromatic heterocycles. The van der Waals surface area contributed by atoms with Crippen molar-refractivity contribution < 1.29 is 9.90 Å². The molecule has 0 bridgehead atoms. The SMILES string of the molecule is CCC(/C=C/[Si](C)(C)C)=C\C(=O)O. The third-order valence-electron chi connectivity index (χ3n) is 1.51. The zero-order chi connectivity index (χ0) is 10.5. The van der Waals surface area contributed by atoms with Crippen LogP contribution in [0.25, 0.3) is 0 Å². The van der Waals surface area contributed by atoms with E-state index in [4.69, 9.17) is 5.11 Å². The lowest BCUT2D eigenvalue weighted by Gasteiger charge is -2.08. The molecule has 2 nitrogen and oxygen atoms in total. The lowest BCUT2D eigenvalue weighted by molar-refractivity contribution is -0.131. The molecule has 0 rings (SSSR count). The van der Waals surface area contributed by atoms with E-state index in [9.17, 15) is 4.79 Å². The second-order valence-corrected chi connectivity index (χ2v) is 9.18. The standard InChI is InChI=1S/C10H18O2Si/c1-5-9(8-10(11)12)6-7-13(2,3)4/h6-8H,5H2,1-4H3,(H,11,12)/b7-6+,9-8+. The van der Waals surface area contributed by atoms with Crippen LogP contribution in [-0.4, -0.2) is 19.1 Å². The average molecular weight is 198 g/mol. The summed E-state index contributed by atoms with van der Waals surface area (Å²) in [5.41, 5.74) is 3.04. The van der Waals surface area contributed by atoms with Gasteiger partial charge in [-0.1, -0.05) is 38.3 Å². The van der Waals surface area contributed by atoms with Crippen LogP contribution in [0, 0.1) is 0 Å². The molecule has 0 saturated carbocycles. The molecular formula is C10H18O2Si. The molecule has 0 aliphatic rings. The number of allylic oxidation sites excluding steroid dienone is 2. The Bertz CT molecular complexity index is 234. The van der Waals surface area contributed by atoms with Gasteiger partial charge in [-0.2, -0.15) is 0 Å². The van der Waals surface area contributed by atoms with Crippen LogP contribution >= 0.6 is 0 Å². The first-order valence-corrected chi connectivity index (χ1v) is 8.05. The van der Waals surface area contributed by atoms with Crippen molar-refractivity contribution in [2.24, 2.45) is 0 Å². The van der Waals surface area contributed by atoms with Gasteiger partial charge >= 0.3 is 5.97 Å². The summed E-state index contributed by atoms with van der Waals surface area (Å²) in [7, 11) is -1.20. The Morgan fingerprint density at radius 3 is 2.23 bits per heavy atom. The van der Waals surface area contributed by atoms with Crippen molar-refractivity contribution >= 4 is 14.0 Å². The Labute approximate surface area is 81.0 Å². The van der Waals surface area contributed by atoms with Crippen LogP contribution in [0.1, 0.15) is 13.3 Å². The highest BCUT2D eigenvalue weighted by Gasteiger charge is 2.06. The number of carbonyl (C=O) groups is 1. The van der Waals surface area contributed by atoms with E-state index in [1.165, 1.54) is 6.08 Å². The van der Waals surface area contributed by atoms with Gasteiger partial charge in [-0.05, 0) is 12.0 Å². The molecule has 13 heavy (non-hydrogen) atoms. The summed E-state index contributed by atoms with van der Waals surface area (Å²) in [6, 6.07) is 0. The number of carboxylic acid groups (broad SMARTS) is 1. The summed E-state index contributed by atoms with van der Waals surface area (Å²) in [5, 5.41) is 8.55. The van der Waals surface area contributed by atoms with E-state index < -0.39 is 14.0 Å². The third-order valence-corrected chi connectivity index (χ3v) is 2.68. The van der Waals surface area contributed by atoms with Crippen molar-refractivity contribution in [3.8, 4) is 0 Å². The van der Waals surface area contributed by atoms with Gasteiger partial charge in [0.2, 0.25) is 0 Å². The van der Waals surface area contributed by atoms with Crippen LogP contribution in [0.5, 0.6) is 0 Å². The van der Waals surface area contributed by atoms with Gasteiger partial charge in [-0.15, -0.1) is 0 Å². The largest absolute Gasteiger partial charge is 0.478 e. The average Bonchev–Trinajstić information content (AvgIpc) is 1.95. The fourth-order valence-corrected chi connectivity index (χ4v) is 1.50. The first-order valence-electron chi connectivity index (χ1n) is 4.48. The van der Waals surface area contributed by atoms with Gasteiger partial charge in [0.05, 0.1) is 8.07 Å². The molecule has 1 N–H and O–H groups in total. The first kappa shape index (κ1) is 12.2. The highest BCUT2D eigenvalue weighted by Crippen LogP contribution is 2.08. The summed E-state index contributed by atoms with van der Waals surface area (Å²) in [4.78, 5) is 10.4. The van der Waals surface area contributed by atoms with Crippen molar-refractivity contribution in [2.45, 2.75) is 33.0 Å². The van der Waals surface area contributed by atoms with Gasteiger partial charge in [-0.3, -0.25) is 0 Å². The quantitative estimate of drug-likeness (QED) is 0.428. The Kier molecular flexibility index (Phi) is 4.70. The second kappa shape index (κ2) is 5.02. The molecular weight excluding hydrogens is 180 g/mol. The maximum Gasteiger partial charge on any atom is 0.328 e. The van der Waals surface area contributed by atoms with Gasteiger partial charge in [0.1, 0.15) is 0 Å². The number of carboxylic acids is 1. The summed E-state index contributed by atoms with van der Waals surface area (Å²) in [5.74, 6) is -0.864. The number of hydrogen-bond acceptors (Lipinski definition) is 1. The minimum absolute atomic E-state index is 0.771. The summed E-state index contributed by atoms with van der Waals surface area (Å²) < 4.78 is 0. The molecule has 0 aliphatic carbocycles. The minimum Gasteiger partial charge on any atom is -0.478 e. The predicted octanol–water partition coefficient (Wildman–Crippen LogP) is 2.84. The zero-order valence-corrected chi connectivity index (χ0v) is 9.79. The Hall–Kier alpha value is -0.833. The highest BCUT2D eigenvalue weighted by molar-refractivity contribution is 6.81. The Morgan fingerprint density at radius 2 is 1.92 bits per heavy atom. The van der Waals surface area contributed by atoms with E-state index in [-0.39, 0.29) is 0 Å². The number of rotatable bonds is 4. The molecule has 0 heterocycles. The molecule has 3 heteroatoms. The number of aliphatic carboxylic acids is 1. The van der Waals surface area contributed by atoms with E-state index in [2.05, 4.69) is 25.3 Å². The first-order chi connectivity index (χ1) is 5.85. The molecule has 0 fully saturated rings. The summed E-state index contributed by atoms with van der Waals surface area (Å²) >= 11 is 0. The van der Waals surface area contributed by atoms with Gasteiger partial charge in [0.25, 0.3) is 0 Å². The molecule has 0 spiro atoms. The lowest BCUT2D eigenvalue weighted by atomic mass is 10.2. The van der Waals surface area contributed by atoms with Crippen LogP contribution in [0.4, 0.5) is 0 Å². The van der Waals surface area contributed by atoms with Crippen molar-refractivity contribution in [2.75, 3.05) is 0 Å². The Morgan fingerprint density at radius 1 is 1.38 bits per heavy atom. The van der Waals surface area contributed by atoms with Crippen molar-refractivity contribution in [1.29, 1.82) is 0 Å². The topological polar surface area (TPSA) is 37.3 Å². The van der Waals surface area contributed by atoms with Crippen LogP contribution in [0.15, 0.2) is 23.4 Å². The monoisotopic (exact) mass is 198 g/mol. The number of hydrogen-bond donors (Lipinski definition) is 1. The fourth-order valence-electron chi connectivity index (χ4n) is 0.784. The highest BCUT2D eigenvalue weighted by atomic mass is 28.3. The molecule has 0 aromatic carbocycles. The van der Waals surface area contributed by atoms with Gasteiger partial charge in [0.15, 0.2) is 0 Å². The third kappa shape index (κ3) is 7.53. The molecule has 0 amide bonds. The molecule has 0 saturated heterocycles. The predicted molar refractivity (Wildman–Crippen MR) is 58.5 cm³/mol. The van der Waals surface area contributed by atoms with Crippen LogP contribution < -0.4 is 0 Å². The van der Waals surface area contributed by atoms with E-state index >= 15 is 0 Å². The van der Waals surface area contributed by atoms with Crippen LogP contribution in [-0.2, 0) is 4.79 Å². The van der Waals surface area contributed by atoms with Gasteiger partial charge in [0, 0.05) is 6.08 Å². The van der Waals surface area contributed by atoms with Crippen LogP contribution in [0.2, 0.25) is 19.6 Å². The smallest absolute Gasteiger partial charge is 0.328 e. The van der Waals surface area contributed by atoms with Gasteiger partial charge in [-0.25, -0.2) is 4.79 Å². The van der Waals surface area contributed by atoms with E-state index in [0.717, 1.165) is 12.0 Å².